The van der Waals surface area contributed by atoms with Crippen molar-refractivity contribution in [3.8, 4) is 0 Å². The van der Waals surface area contributed by atoms with Gasteiger partial charge in [0.1, 0.15) is 5.82 Å². The van der Waals surface area contributed by atoms with Crippen molar-refractivity contribution in [3.63, 3.8) is 0 Å². The molecule has 1 heterocycles. The summed E-state index contributed by atoms with van der Waals surface area (Å²) in [6, 6.07) is 10.5. The normalized spacial score (nSPS) is 12.5. The van der Waals surface area contributed by atoms with E-state index in [-0.39, 0.29) is 11.2 Å². The van der Waals surface area contributed by atoms with Crippen LogP contribution in [-0.2, 0) is 12.7 Å². The standard InChI is InChI=1S/C25H29F3N4O2/c1-4-7-16-32(24(34)29-18-14-12-17(13-15-18)25(26,27)28)21(5-2)22-30-20-11-9-8-10-19(20)23(33)31(22)6-3/h8-15,21H,4-7,16H2,1-3H3,(H,29,34). The predicted molar refractivity (Wildman–Crippen MR) is 127 cm³/mol. The first-order valence-corrected chi connectivity index (χ1v) is 11.5. The summed E-state index contributed by atoms with van der Waals surface area (Å²) in [5.41, 5.74) is -0.134. The van der Waals surface area contributed by atoms with Crippen molar-refractivity contribution in [1.29, 1.82) is 0 Å². The molecule has 9 heteroatoms. The molecule has 3 rings (SSSR count). The Bertz CT molecular complexity index is 1190. The number of halogens is 3. The van der Waals surface area contributed by atoms with E-state index in [1.807, 2.05) is 26.8 Å². The number of hydrogen-bond donors (Lipinski definition) is 1. The highest BCUT2D eigenvalue weighted by Gasteiger charge is 2.31. The molecule has 1 atom stereocenters. The lowest BCUT2D eigenvalue weighted by atomic mass is 10.1. The van der Waals surface area contributed by atoms with E-state index in [0.29, 0.717) is 36.2 Å². The third-order valence-corrected chi connectivity index (χ3v) is 5.75. The minimum atomic E-state index is -4.45. The minimum absolute atomic E-state index is 0.167. The fourth-order valence-corrected chi connectivity index (χ4v) is 3.95. The first-order chi connectivity index (χ1) is 16.2. The van der Waals surface area contributed by atoms with Gasteiger partial charge in [-0.25, -0.2) is 9.78 Å². The summed E-state index contributed by atoms with van der Waals surface area (Å²) in [5.74, 6) is 0.493. The van der Waals surface area contributed by atoms with Crippen molar-refractivity contribution in [3.05, 3.63) is 70.3 Å². The van der Waals surface area contributed by atoms with Crippen LogP contribution in [0, 0.1) is 0 Å². The lowest BCUT2D eigenvalue weighted by Crippen LogP contribution is -2.41. The van der Waals surface area contributed by atoms with Crippen LogP contribution in [-0.4, -0.2) is 27.0 Å². The Morgan fingerprint density at radius 1 is 1.09 bits per heavy atom. The molecule has 0 spiro atoms. The molecule has 182 valence electrons. The van der Waals surface area contributed by atoms with Crippen molar-refractivity contribution in [2.45, 2.75) is 58.8 Å². The topological polar surface area (TPSA) is 67.2 Å². The summed E-state index contributed by atoms with van der Waals surface area (Å²) in [4.78, 5) is 32.8. The number of urea groups is 1. The van der Waals surface area contributed by atoms with Gasteiger partial charge in [0.25, 0.3) is 5.56 Å². The SMILES string of the molecule is CCCCN(C(=O)Nc1ccc(C(F)(F)F)cc1)C(CC)c1nc2ccccc2c(=O)n1CC. The third-order valence-electron chi connectivity index (χ3n) is 5.75. The van der Waals surface area contributed by atoms with Crippen LogP contribution in [0.2, 0.25) is 0 Å². The van der Waals surface area contributed by atoms with Gasteiger partial charge in [-0.2, -0.15) is 13.2 Å². The zero-order valence-electron chi connectivity index (χ0n) is 19.5. The molecule has 2 aromatic carbocycles. The fourth-order valence-electron chi connectivity index (χ4n) is 3.95. The van der Waals surface area contributed by atoms with Crippen LogP contribution in [0.15, 0.2) is 53.3 Å². The quantitative estimate of drug-likeness (QED) is 0.421. The lowest BCUT2D eigenvalue weighted by molar-refractivity contribution is -0.137. The Kier molecular flexibility index (Phi) is 7.96. The van der Waals surface area contributed by atoms with Crippen molar-refractivity contribution in [2.75, 3.05) is 11.9 Å². The predicted octanol–water partition coefficient (Wildman–Crippen LogP) is 6.22. The van der Waals surface area contributed by atoms with Crippen molar-refractivity contribution in [2.24, 2.45) is 0 Å². The number of carbonyl (C=O) groups excluding carboxylic acids is 1. The van der Waals surface area contributed by atoms with Crippen LogP contribution >= 0.6 is 0 Å². The molecule has 0 aliphatic heterocycles. The molecule has 0 fully saturated rings. The van der Waals surface area contributed by atoms with Gasteiger partial charge in [-0.05, 0) is 56.2 Å². The molecule has 2 amide bonds. The summed E-state index contributed by atoms with van der Waals surface area (Å²) in [6.45, 7) is 6.57. The molecule has 0 aliphatic rings. The monoisotopic (exact) mass is 474 g/mol. The van der Waals surface area contributed by atoms with E-state index in [0.717, 1.165) is 25.0 Å². The van der Waals surface area contributed by atoms with Crippen molar-refractivity contribution >= 4 is 22.6 Å². The van der Waals surface area contributed by atoms with Gasteiger partial charge in [-0.3, -0.25) is 9.36 Å². The zero-order chi connectivity index (χ0) is 24.9. The highest BCUT2D eigenvalue weighted by atomic mass is 19.4. The molecule has 0 saturated carbocycles. The number of hydrogen-bond acceptors (Lipinski definition) is 3. The maximum absolute atomic E-state index is 13.3. The molecule has 0 radical (unpaired) electrons. The molecule has 1 aromatic heterocycles. The maximum atomic E-state index is 13.3. The van der Waals surface area contributed by atoms with Crippen LogP contribution in [0.3, 0.4) is 0 Å². The van der Waals surface area contributed by atoms with Crippen LogP contribution in [0.25, 0.3) is 10.9 Å². The molecule has 1 unspecified atom stereocenters. The number of anilines is 1. The van der Waals surface area contributed by atoms with Crippen LogP contribution in [0.1, 0.15) is 57.5 Å². The lowest BCUT2D eigenvalue weighted by Gasteiger charge is -2.32. The second kappa shape index (κ2) is 10.7. The molecular formula is C25H29F3N4O2. The van der Waals surface area contributed by atoms with E-state index in [4.69, 9.17) is 4.98 Å². The third kappa shape index (κ3) is 5.40. The number of aromatic nitrogens is 2. The summed E-state index contributed by atoms with van der Waals surface area (Å²) in [6.07, 6.45) is -2.38. The molecule has 0 aliphatic carbocycles. The number of unbranched alkanes of at least 4 members (excludes halogenated alkanes) is 1. The summed E-state index contributed by atoms with van der Waals surface area (Å²) in [7, 11) is 0. The van der Waals surface area contributed by atoms with Crippen LogP contribution < -0.4 is 10.9 Å². The number of benzene rings is 2. The number of alkyl halides is 3. The first-order valence-electron chi connectivity index (χ1n) is 11.5. The average molecular weight is 475 g/mol. The van der Waals surface area contributed by atoms with Gasteiger partial charge in [0.2, 0.25) is 0 Å². The number of fused-ring (bicyclic) bond motifs is 1. The Morgan fingerprint density at radius 2 is 1.76 bits per heavy atom. The molecule has 34 heavy (non-hydrogen) atoms. The van der Waals surface area contributed by atoms with Crippen LogP contribution in [0.4, 0.5) is 23.7 Å². The fraction of sp³-hybridized carbons (Fsp3) is 0.400. The number of para-hydroxylation sites is 1. The number of nitrogens with one attached hydrogen (secondary N) is 1. The Morgan fingerprint density at radius 3 is 2.35 bits per heavy atom. The van der Waals surface area contributed by atoms with Gasteiger partial charge in [0.05, 0.1) is 22.5 Å². The van der Waals surface area contributed by atoms with Crippen molar-refractivity contribution in [1.82, 2.24) is 14.5 Å². The Labute approximate surface area is 196 Å². The zero-order valence-corrected chi connectivity index (χ0v) is 19.5. The van der Waals surface area contributed by atoms with E-state index in [1.54, 1.807) is 27.7 Å². The van der Waals surface area contributed by atoms with E-state index < -0.39 is 23.8 Å². The molecule has 0 saturated heterocycles. The Balaban J connectivity index is 1.99. The highest BCUT2D eigenvalue weighted by molar-refractivity contribution is 5.89. The molecule has 3 aromatic rings. The smallest absolute Gasteiger partial charge is 0.314 e. The first kappa shape index (κ1) is 25.3. The second-order valence-corrected chi connectivity index (χ2v) is 8.01. The van der Waals surface area contributed by atoms with Gasteiger partial charge in [-0.15, -0.1) is 0 Å². The maximum Gasteiger partial charge on any atom is 0.416 e. The summed E-state index contributed by atoms with van der Waals surface area (Å²) in [5, 5.41) is 3.22. The largest absolute Gasteiger partial charge is 0.416 e. The summed E-state index contributed by atoms with van der Waals surface area (Å²) >= 11 is 0. The van der Waals surface area contributed by atoms with Gasteiger partial charge in [-0.1, -0.05) is 32.4 Å². The highest BCUT2D eigenvalue weighted by Crippen LogP contribution is 2.30. The molecule has 6 nitrogen and oxygen atoms in total. The van der Waals surface area contributed by atoms with Gasteiger partial charge >= 0.3 is 12.2 Å². The number of amides is 2. The van der Waals surface area contributed by atoms with E-state index in [9.17, 15) is 22.8 Å². The summed E-state index contributed by atoms with van der Waals surface area (Å²) < 4.78 is 40.2. The van der Waals surface area contributed by atoms with Crippen LogP contribution in [0.5, 0.6) is 0 Å². The molecular weight excluding hydrogens is 445 g/mol. The second-order valence-electron chi connectivity index (χ2n) is 8.01. The van der Waals surface area contributed by atoms with Gasteiger partial charge in [0, 0.05) is 18.8 Å². The van der Waals surface area contributed by atoms with Crippen molar-refractivity contribution < 1.29 is 18.0 Å². The molecule has 0 bridgehead atoms. The van der Waals surface area contributed by atoms with Gasteiger partial charge in [0.15, 0.2) is 0 Å². The number of nitrogens with zero attached hydrogens (tertiary/aromatic N) is 3. The molecule has 1 N–H and O–H groups in total. The minimum Gasteiger partial charge on any atom is -0.314 e. The number of rotatable bonds is 8. The number of carbonyl (C=O) groups is 1. The van der Waals surface area contributed by atoms with E-state index in [2.05, 4.69) is 5.32 Å². The average Bonchev–Trinajstić information content (AvgIpc) is 2.81. The Hall–Kier alpha value is -3.36. The van der Waals surface area contributed by atoms with Gasteiger partial charge < -0.3 is 10.2 Å². The van der Waals surface area contributed by atoms with E-state index >= 15 is 0 Å². The van der Waals surface area contributed by atoms with E-state index in [1.165, 1.54) is 12.1 Å².